The number of aromatic nitrogens is 3. The number of carbonyl (C=O) groups is 1. The molecule has 2 aromatic heterocycles. The van der Waals surface area contributed by atoms with Crippen LogP contribution in [0.4, 0.5) is 27.8 Å². The SMILES string of the molecule is O=C(NCC(c1cnc(C(F)(F)F)nc1)N1CCC(F)(F)CC1)c1c(Cl)ccc2nc(N3CCN(C4CC4)CC3)ccc12. The number of amides is 1. The van der Waals surface area contributed by atoms with Crippen LogP contribution in [0, 0.1) is 0 Å². The van der Waals surface area contributed by atoms with Gasteiger partial charge < -0.3 is 10.2 Å². The summed E-state index contributed by atoms with van der Waals surface area (Å²) in [6.07, 6.45) is -0.936. The van der Waals surface area contributed by atoms with E-state index >= 15 is 0 Å². The third kappa shape index (κ3) is 6.68. The molecule has 2 saturated heterocycles. The summed E-state index contributed by atoms with van der Waals surface area (Å²) in [4.78, 5) is 31.6. The molecule has 1 saturated carbocycles. The molecule has 230 valence electrons. The van der Waals surface area contributed by atoms with Crippen LogP contribution in [-0.4, -0.2) is 88.4 Å². The normalized spacial score (nSPS) is 20.7. The van der Waals surface area contributed by atoms with Crippen LogP contribution >= 0.6 is 11.6 Å². The van der Waals surface area contributed by atoms with E-state index in [1.54, 1.807) is 17.0 Å². The van der Waals surface area contributed by atoms with Crippen LogP contribution in [0.1, 0.15) is 53.5 Å². The molecular weight excluding hydrogens is 593 g/mol. The Morgan fingerprint density at radius 1 is 1.00 bits per heavy atom. The molecule has 1 amide bonds. The van der Waals surface area contributed by atoms with Gasteiger partial charge in [0.25, 0.3) is 11.8 Å². The molecule has 1 aromatic carbocycles. The van der Waals surface area contributed by atoms with E-state index < -0.39 is 42.7 Å². The Labute approximate surface area is 250 Å². The molecule has 0 radical (unpaired) electrons. The molecule has 1 unspecified atom stereocenters. The number of nitrogens with one attached hydrogen (secondary N) is 1. The van der Waals surface area contributed by atoms with Crippen molar-refractivity contribution < 1.29 is 26.7 Å². The lowest BCUT2D eigenvalue weighted by molar-refractivity contribution is -0.145. The van der Waals surface area contributed by atoms with E-state index in [9.17, 15) is 26.7 Å². The molecule has 4 heterocycles. The predicted molar refractivity (Wildman–Crippen MR) is 151 cm³/mol. The number of anilines is 1. The molecule has 0 spiro atoms. The van der Waals surface area contributed by atoms with Gasteiger partial charge in [-0.15, -0.1) is 0 Å². The van der Waals surface area contributed by atoms with Crippen LogP contribution in [-0.2, 0) is 6.18 Å². The van der Waals surface area contributed by atoms with Crippen molar-refractivity contribution in [3.8, 4) is 0 Å². The van der Waals surface area contributed by atoms with Crippen LogP contribution in [0.25, 0.3) is 10.9 Å². The Morgan fingerprint density at radius 2 is 1.67 bits per heavy atom. The maximum absolute atomic E-state index is 13.9. The lowest BCUT2D eigenvalue weighted by atomic mass is 10.0. The van der Waals surface area contributed by atoms with Gasteiger partial charge in [0.1, 0.15) is 5.82 Å². The highest BCUT2D eigenvalue weighted by Gasteiger charge is 2.38. The molecule has 8 nitrogen and oxygen atoms in total. The van der Waals surface area contributed by atoms with Gasteiger partial charge in [-0.05, 0) is 37.1 Å². The van der Waals surface area contributed by atoms with Crippen LogP contribution in [0.3, 0.4) is 0 Å². The van der Waals surface area contributed by atoms with Crippen molar-refractivity contribution in [2.45, 2.75) is 49.9 Å². The van der Waals surface area contributed by atoms with E-state index in [0.717, 1.165) is 50.4 Å². The van der Waals surface area contributed by atoms with Crippen molar-refractivity contribution in [3.63, 3.8) is 0 Å². The van der Waals surface area contributed by atoms with Gasteiger partial charge >= 0.3 is 6.18 Å². The Hall–Kier alpha value is -3.16. The maximum Gasteiger partial charge on any atom is 0.451 e. The topological polar surface area (TPSA) is 77.5 Å². The molecule has 43 heavy (non-hydrogen) atoms. The number of halogens is 6. The standard InChI is InChI=1S/C29H31ClF5N7O/c30-21-4-5-22-20(3-6-24(39-22)42-13-11-40(12-14-42)19-1-2-19)25(21)26(43)36-17-23(41-9-7-28(31,32)8-10-41)18-15-37-27(38-16-18)29(33,34)35/h3-6,15-16,19,23H,1-2,7-14,17H2,(H,36,43). The number of hydrogen-bond donors (Lipinski definition) is 1. The largest absolute Gasteiger partial charge is 0.451 e. The number of nitrogens with zero attached hydrogens (tertiary/aromatic N) is 6. The Kier molecular flexibility index (Phi) is 8.16. The van der Waals surface area contributed by atoms with Crippen LogP contribution in [0.15, 0.2) is 36.7 Å². The Morgan fingerprint density at radius 3 is 2.30 bits per heavy atom. The van der Waals surface area contributed by atoms with Crippen LogP contribution in [0.2, 0.25) is 5.02 Å². The van der Waals surface area contributed by atoms with Gasteiger partial charge in [-0.3, -0.25) is 14.6 Å². The van der Waals surface area contributed by atoms with Crippen molar-refractivity contribution in [2.24, 2.45) is 0 Å². The molecule has 0 bridgehead atoms. The van der Waals surface area contributed by atoms with Crippen LogP contribution < -0.4 is 10.2 Å². The lowest BCUT2D eigenvalue weighted by Crippen LogP contribution is -2.47. The number of piperazine rings is 1. The van der Waals surface area contributed by atoms with Crippen molar-refractivity contribution in [2.75, 3.05) is 50.7 Å². The van der Waals surface area contributed by atoms with Gasteiger partial charge in [-0.2, -0.15) is 13.2 Å². The summed E-state index contributed by atoms with van der Waals surface area (Å²) in [5.74, 6) is -3.82. The Bertz CT molecular complexity index is 1470. The molecule has 6 rings (SSSR count). The summed E-state index contributed by atoms with van der Waals surface area (Å²) in [5, 5.41) is 3.58. The molecule has 2 aliphatic heterocycles. The van der Waals surface area contributed by atoms with E-state index in [1.807, 2.05) is 12.1 Å². The predicted octanol–water partition coefficient (Wildman–Crippen LogP) is 5.18. The summed E-state index contributed by atoms with van der Waals surface area (Å²) in [7, 11) is 0. The second-order valence-corrected chi connectivity index (χ2v) is 11.8. The third-order valence-electron chi connectivity index (χ3n) is 8.47. The first-order chi connectivity index (χ1) is 20.5. The van der Waals surface area contributed by atoms with Gasteiger partial charge in [0, 0.05) is 88.0 Å². The molecule has 3 aromatic rings. The zero-order valence-electron chi connectivity index (χ0n) is 23.3. The zero-order valence-corrected chi connectivity index (χ0v) is 24.0. The molecule has 3 fully saturated rings. The number of benzene rings is 1. The summed E-state index contributed by atoms with van der Waals surface area (Å²) in [6, 6.07) is 7.05. The molecule has 3 aliphatic rings. The maximum atomic E-state index is 13.9. The lowest BCUT2D eigenvalue weighted by Gasteiger charge is -2.37. The Balaban J connectivity index is 1.20. The van der Waals surface area contributed by atoms with Crippen molar-refractivity contribution in [1.82, 2.24) is 30.1 Å². The van der Waals surface area contributed by atoms with Gasteiger partial charge in [-0.1, -0.05) is 11.6 Å². The first kappa shape index (κ1) is 29.9. The van der Waals surface area contributed by atoms with Crippen molar-refractivity contribution >= 4 is 34.2 Å². The fourth-order valence-corrected chi connectivity index (χ4v) is 6.13. The highest BCUT2D eigenvalue weighted by atomic mass is 35.5. The summed E-state index contributed by atoms with van der Waals surface area (Å²) >= 11 is 6.49. The molecular formula is C29H31ClF5N7O. The fraction of sp³-hybridized carbons (Fsp3) is 0.517. The number of piperidine rings is 1. The second-order valence-electron chi connectivity index (χ2n) is 11.4. The highest BCUT2D eigenvalue weighted by Crippen LogP contribution is 2.34. The summed E-state index contributed by atoms with van der Waals surface area (Å²) in [5.41, 5.74) is 1.09. The number of rotatable bonds is 7. The summed E-state index contributed by atoms with van der Waals surface area (Å²) in [6.45, 7) is 3.61. The first-order valence-electron chi connectivity index (χ1n) is 14.4. The third-order valence-corrected chi connectivity index (χ3v) is 8.79. The quantitative estimate of drug-likeness (QED) is 0.363. The minimum Gasteiger partial charge on any atom is -0.354 e. The van der Waals surface area contributed by atoms with Gasteiger partial charge in [0.2, 0.25) is 5.82 Å². The number of fused-ring (bicyclic) bond motifs is 1. The number of alkyl halides is 5. The van der Waals surface area contributed by atoms with E-state index in [1.165, 1.54) is 12.8 Å². The molecule has 1 atom stereocenters. The average molecular weight is 624 g/mol. The van der Waals surface area contributed by atoms with Gasteiger partial charge in [0.15, 0.2) is 0 Å². The first-order valence-corrected chi connectivity index (χ1v) is 14.7. The number of carbonyl (C=O) groups excluding carboxylic acids is 1. The zero-order chi connectivity index (χ0) is 30.4. The second kappa shape index (κ2) is 11.7. The van der Waals surface area contributed by atoms with E-state index in [2.05, 4.69) is 25.1 Å². The van der Waals surface area contributed by atoms with E-state index in [0.29, 0.717) is 10.9 Å². The fourth-order valence-electron chi connectivity index (χ4n) is 5.88. The molecule has 1 aliphatic carbocycles. The minimum absolute atomic E-state index is 0.00873. The number of hydrogen-bond acceptors (Lipinski definition) is 7. The van der Waals surface area contributed by atoms with Gasteiger partial charge in [-0.25, -0.2) is 23.7 Å². The smallest absolute Gasteiger partial charge is 0.354 e. The number of pyridine rings is 1. The van der Waals surface area contributed by atoms with E-state index in [4.69, 9.17) is 16.6 Å². The van der Waals surface area contributed by atoms with Crippen LogP contribution in [0.5, 0.6) is 0 Å². The molecule has 14 heteroatoms. The van der Waals surface area contributed by atoms with E-state index in [-0.39, 0.29) is 35.8 Å². The average Bonchev–Trinajstić information content (AvgIpc) is 3.83. The van der Waals surface area contributed by atoms with Crippen molar-refractivity contribution in [1.29, 1.82) is 0 Å². The number of likely N-dealkylation sites (tertiary alicyclic amines) is 1. The monoisotopic (exact) mass is 623 g/mol. The highest BCUT2D eigenvalue weighted by molar-refractivity contribution is 6.35. The summed E-state index contributed by atoms with van der Waals surface area (Å²) < 4.78 is 66.9. The minimum atomic E-state index is -4.72. The molecule has 1 N–H and O–H groups in total. The van der Waals surface area contributed by atoms with Crippen molar-refractivity contribution in [3.05, 3.63) is 58.6 Å². The van der Waals surface area contributed by atoms with Gasteiger partial charge in [0.05, 0.1) is 22.1 Å².